The van der Waals surface area contributed by atoms with E-state index in [1.54, 1.807) is 11.3 Å². The molecule has 4 heteroatoms. The molecule has 0 N–H and O–H groups in total. The highest BCUT2D eigenvalue weighted by molar-refractivity contribution is 7.11. The van der Waals surface area contributed by atoms with Gasteiger partial charge >= 0.3 is 0 Å². The fourth-order valence-corrected chi connectivity index (χ4v) is 4.07. The number of hydrogen-bond acceptors (Lipinski definition) is 2. The summed E-state index contributed by atoms with van der Waals surface area (Å²) in [7, 11) is 0. The predicted octanol–water partition coefficient (Wildman–Crippen LogP) is 5.36. The van der Waals surface area contributed by atoms with Crippen LogP contribution >= 0.6 is 34.5 Å². The minimum atomic E-state index is -0.182. The third kappa shape index (κ3) is 2.49. The molecule has 2 heterocycles. The van der Waals surface area contributed by atoms with Gasteiger partial charge in [0.05, 0.1) is 17.0 Å². The van der Waals surface area contributed by atoms with Gasteiger partial charge in [0.15, 0.2) is 0 Å². The molecule has 19 heavy (non-hydrogen) atoms. The summed E-state index contributed by atoms with van der Waals surface area (Å²) in [4.78, 5) is 1.03. The van der Waals surface area contributed by atoms with E-state index < -0.39 is 0 Å². The van der Waals surface area contributed by atoms with Crippen molar-refractivity contribution in [1.29, 1.82) is 0 Å². The van der Waals surface area contributed by atoms with Crippen LogP contribution < -0.4 is 4.74 Å². The van der Waals surface area contributed by atoms with Crippen molar-refractivity contribution in [2.24, 2.45) is 0 Å². The Morgan fingerprint density at radius 2 is 2.21 bits per heavy atom. The number of thiophene rings is 1. The van der Waals surface area contributed by atoms with Crippen LogP contribution in [0.1, 0.15) is 33.4 Å². The van der Waals surface area contributed by atoms with E-state index in [2.05, 4.69) is 11.4 Å². The summed E-state index contributed by atoms with van der Waals surface area (Å²) in [5, 5.41) is 2.66. The molecule has 0 aliphatic carbocycles. The number of hydrogen-bond donors (Lipinski definition) is 0. The molecular weight excluding hydrogens is 299 g/mol. The number of halogens is 2. The summed E-state index contributed by atoms with van der Waals surface area (Å²) in [6.07, 6.45) is 2.13. The standard InChI is InChI=1S/C15H14Cl2OS/c1-9-8-19-15(13(9)16)14(17)11-4-5-12-10(7-11)3-2-6-18-12/h4-5,7-8,14H,2-3,6H2,1H3. The monoisotopic (exact) mass is 312 g/mol. The number of alkyl halides is 1. The van der Waals surface area contributed by atoms with Gasteiger partial charge in [-0.15, -0.1) is 22.9 Å². The van der Waals surface area contributed by atoms with Crippen molar-refractivity contribution in [3.8, 4) is 5.75 Å². The molecule has 1 aromatic carbocycles. The molecule has 1 unspecified atom stereocenters. The summed E-state index contributed by atoms with van der Waals surface area (Å²) < 4.78 is 5.63. The molecule has 0 amide bonds. The topological polar surface area (TPSA) is 9.23 Å². The van der Waals surface area contributed by atoms with E-state index in [4.69, 9.17) is 27.9 Å². The Kier molecular flexibility index (Phi) is 3.75. The van der Waals surface area contributed by atoms with E-state index in [1.165, 1.54) is 5.56 Å². The summed E-state index contributed by atoms with van der Waals surface area (Å²) in [5.41, 5.74) is 3.43. The molecule has 100 valence electrons. The van der Waals surface area contributed by atoms with Gasteiger partial charge in [-0.05, 0) is 47.9 Å². The molecular formula is C15H14Cl2OS. The van der Waals surface area contributed by atoms with Crippen molar-refractivity contribution in [2.75, 3.05) is 6.61 Å². The van der Waals surface area contributed by atoms with Gasteiger partial charge in [0.2, 0.25) is 0 Å². The molecule has 0 fully saturated rings. The minimum absolute atomic E-state index is 0.182. The Morgan fingerprint density at radius 3 is 2.95 bits per heavy atom. The lowest BCUT2D eigenvalue weighted by atomic mass is 10.0. The number of aryl methyl sites for hydroxylation is 2. The van der Waals surface area contributed by atoms with E-state index in [0.717, 1.165) is 46.2 Å². The third-order valence-corrected chi connectivity index (χ3v) is 5.76. The number of benzene rings is 1. The van der Waals surface area contributed by atoms with Gasteiger partial charge in [-0.1, -0.05) is 23.7 Å². The maximum absolute atomic E-state index is 6.58. The van der Waals surface area contributed by atoms with Crippen molar-refractivity contribution in [2.45, 2.75) is 25.1 Å². The zero-order valence-corrected chi connectivity index (χ0v) is 12.9. The quantitative estimate of drug-likeness (QED) is 0.678. The average Bonchev–Trinajstić information content (AvgIpc) is 2.78. The van der Waals surface area contributed by atoms with Gasteiger partial charge in [0.25, 0.3) is 0 Å². The molecule has 1 nitrogen and oxygen atoms in total. The van der Waals surface area contributed by atoms with E-state index >= 15 is 0 Å². The number of rotatable bonds is 2. The molecule has 2 aromatic rings. The fraction of sp³-hybridized carbons (Fsp3) is 0.333. The smallest absolute Gasteiger partial charge is 0.122 e. The maximum atomic E-state index is 6.58. The lowest BCUT2D eigenvalue weighted by Gasteiger charge is -2.19. The second kappa shape index (κ2) is 5.35. The molecule has 1 aliphatic heterocycles. The normalized spacial score (nSPS) is 15.7. The summed E-state index contributed by atoms with van der Waals surface area (Å²) >= 11 is 14.5. The molecule has 3 rings (SSSR count). The highest BCUT2D eigenvalue weighted by Gasteiger charge is 2.19. The SMILES string of the molecule is Cc1csc(C(Cl)c2ccc3c(c2)CCCO3)c1Cl. The van der Waals surface area contributed by atoms with Gasteiger partial charge in [-0.3, -0.25) is 0 Å². The zero-order chi connectivity index (χ0) is 13.4. The molecule has 0 saturated heterocycles. The number of fused-ring (bicyclic) bond motifs is 1. The average molecular weight is 313 g/mol. The Bertz CT molecular complexity index is 606. The van der Waals surface area contributed by atoms with Crippen LogP contribution in [0.5, 0.6) is 5.75 Å². The van der Waals surface area contributed by atoms with Crippen LogP contribution in [0.3, 0.4) is 0 Å². The van der Waals surface area contributed by atoms with Crippen molar-refractivity contribution in [3.63, 3.8) is 0 Å². The van der Waals surface area contributed by atoms with Crippen molar-refractivity contribution in [1.82, 2.24) is 0 Å². The highest BCUT2D eigenvalue weighted by atomic mass is 35.5. The highest BCUT2D eigenvalue weighted by Crippen LogP contribution is 2.40. The second-order valence-electron chi connectivity index (χ2n) is 4.78. The summed E-state index contributed by atoms with van der Waals surface area (Å²) in [6.45, 7) is 2.82. The molecule has 0 spiro atoms. The van der Waals surface area contributed by atoms with Crippen LogP contribution in [0.2, 0.25) is 5.02 Å². The van der Waals surface area contributed by atoms with Gasteiger partial charge in [-0.25, -0.2) is 0 Å². The van der Waals surface area contributed by atoms with E-state index in [-0.39, 0.29) is 5.38 Å². The number of ether oxygens (including phenoxy) is 1. The van der Waals surface area contributed by atoms with Crippen molar-refractivity contribution < 1.29 is 4.74 Å². The van der Waals surface area contributed by atoms with E-state index in [9.17, 15) is 0 Å². The van der Waals surface area contributed by atoms with Crippen LogP contribution in [-0.4, -0.2) is 6.61 Å². The first-order valence-electron chi connectivity index (χ1n) is 6.30. The Morgan fingerprint density at radius 1 is 1.37 bits per heavy atom. The maximum Gasteiger partial charge on any atom is 0.122 e. The van der Waals surface area contributed by atoms with Gasteiger partial charge in [0.1, 0.15) is 5.75 Å². The predicted molar refractivity (Wildman–Crippen MR) is 82.0 cm³/mol. The first-order valence-corrected chi connectivity index (χ1v) is 7.99. The third-order valence-electron chi connectivity index (χ3n) is 3.38. The fourth-order valence-electron chi connectivity index (χ4n) is 2.31. The Labute approximate surface area is 127 Å². The first kappa shape index (κ1) is 13.3. The van der Waals surface area contributed by atoms with Crippen LogP contribution in [0.4, 0.5) is 0 Å². The largest absolute Gasteiger partial charge is 0.493 e. The minimum Gasteiger partial charge on any atom is -0.493 e. The van der Waals surface area contributed by atoms with Crippen LogP contribution in [0.25, 0.3) is 0 Å². The summed E-state index contributed by atoms with van der Waals surface area (Å²) in [6, 6.07) is 6.21. The van der Waals surface area contributed by atoms with Gasteiger partial charge in [-0.2, -0.15) is 0 Å². The summed E-state index contributed by atoms with van der Waals surface area (Å²) in [5.74, 6) is 0.993. The van der Waals surface area contributed by atoms with Crippen molar-refractivity contribution >= 4 is 34.5 Å². The molecule has 1 atom stereocenters. The van der Waals surface area contributed by atoms with Gasteiger partial charge in [0, 0.05) is 4.88 Å². The van der Waals surface area contributed by atoms with Crippen LogP contribution in [0.15, 0.2) is 23.6 Å². The first-order chi connectivity index (χ1) is 9.16. The van der Waals surface area contributed by atoms with Crippen LogP contribution in [0, 0.1) is 6.92 Å². The molecule has 0 bridgehead atoms. The molecule has 1 aromatic heterocycles. The zero-order valence-electron chi connectivity index (χ0n) is 10.6. The Balaban J connectivity index is 1.95. The lowest BCUT2D eigenvalue weighted by molar-refractivity contribution is 0.288. The van der Waals surface area contributed by atoms with Crippen molar-refractivity contribution in [3.05, 3.63) is 50.2 Å². The van der Waals surface area contributed by atoms with Gasteiger partial charge < -0.3 is 4.74 Å². The van der Waals surface area contributed by atoms with Crippen LogP contribution in [-0.2, 0) is 6.42 Å². The molecule has 0 radical (unpaired) electrons. The second-order valence-corrected chi connectivity index (χ2v) is 6.50. The Hall–Kier alpha value is -0.700. The van der Waals surface area contributed by atoms with E-state index in [0.29, 0.717) is 0 Å². The lowest BCUT2D eigenvalue weighted by Crippen LogP contribution is -2.08. The van der Waals surface area contributed by atoms with E-state index in [1.807, 2.05) is 19.1 Å². The molecule has 0 saturated carbocycles. The molecule has 1 aliphatic rings.